The first-order valence-electron chi connectivity index (χ1n) is 7.74. The van der Waals surface area contributed by atoms with Crippen LogP contribution in [-0.2, 0) is 28.9 Å². The number of aryl methyl sites for hydroxylation is 2. The standard InChI is InChI=1S/C15H19N3O3S/c1-2-3-8-21-12(19)9-18-15(20)13-10-6-4-5-7-11(10)22-14(13)16-17-18/h2-9H2,1H3. The molecule has 0 fully saturated rings. The van der Waals surface area contributed by atoms with Crippen LogP contribution in [0.25, 0.3) is 10.2 Å². The third kappa shape index (κ3) is 2.90. The van der Waals surface area contributed by atoms with E-state index in [1.807, 2.05) is 6.92 Å². The molecular weight excluding hydrogens is 302 g/mol. The molecule has 1 aliphatic carbocycles. The number of aromatic nitrogens is 3. The van der Waals surface area contributed by atoms with Gasteiger partial charge >= 0.3 is 5.97 Å². The summed E-state index contributed by atoms with van der Waals surface area (Å²) in [6.45, 7) is 2.24. The Bertz CT molecular complexity index is 750. The van der Waals surface area contributed by atoms with Gasteiger partial charge in [-0.2, -0.15) is 4.68 Å². The normalized spacial score (nSPS) is 14.0. The molecule has 0 spiro atoms. The summed E-state index contributed by atoms with van der Waals surface area (Å²) in [6, 6.07) is 0. The van der Waals surface area contributed by atoms with Gasteiger partial charge in [0.2, 0.25) is 0 Å². The van der Waals surface area contributed by atoms with Crippen molar-refractivity contribution in [2.24, 2.45) is 0 Å². The molecule has 0 saturated carbocycles. The van der Waals surface area contributed by atoms with Gasteiger partial charge in [0.05, 0.1) is 12.0 Å². The van der Waals surface area contributed by atoms with Gasteiger partial charge in [0.25, 0.3) is 5.56 Å². The smallest absolute Gasteiger partial charge is 0.327 e. The van der Waals surface area contributed by atoms with E-state index >= 15 is 0 Å². The van der Waals surface area contributed by atoms with Gasteiger partial charge < -0.3 is 4.74 Å². The van der Waals surface area contributed by atoms with Crippen LogP contribution in [0.2, 0.25) is 0 Å². The Morgan fingerprint density at radius 1 is 1.36 bits per heavy atom. The summed E-state index contributed by atoms with van der Waals surface area (Å²) >= 11 is 1.56. The number of carbonyl (C=O) groups excluding carboxylic acids is 1. The van der Waals surface area contributed by atoms with E-state index < -0.39 is 5.97 Å². The second-order valence-electron chi connectivity index (χ2n) is 5.52. The molecule has 2 aromatic heterocycles. The molecule has 7 heteroatoms. The van der Waals surface area contributed by atoms with Crippen molar-refractivity contribution in [2.75, 3.05) is 6.61 Å². The van der Waals surface area contributed by atoms with E-state index in [0.717, 1.165) is 48.8 Å². The van der Waals surface area contributed by atoms with E-state index in [1.165, 1.54) is 4.88 Å². The van der Waals surface area contributed by atoms with Gasteiger partial charge in [-0.1, -0.05) is 18.6 Å². The Morgan fingerprint density at radius 2 is 2.18 bits per heavy atom. The maximum Gasteiger partial charge on any atom is 0.327 e. The Labute approximate surface area is 132 Å². The Kier molecular flexibility index (Phi) is 4.52. The summed E-state index contributed by atoms with van der Waals surface area (Å²) < 4.78 is 6.21. The van der Waals surface area contributed by atoms with Crippen LogP contribution in [-0.4, -0.2) is 27.6 Å². The Morgan fingerprint density at radius 3 is 3.00 bits per heavy atom. The molecule has 0 unspecified atom stereocenters. The summed E-state index contributed by atoms with van der Waals surface area (Å²) in [7, 11) is 0. The molecular formula is C15H19N3O3S. The number of esters is 1. The van der Waals surface area contributed by atoms with Crippen molar-refractivity contribution in [1.82, 2.24) is 15.0 Å². The van der Waals surface area contributed by atoms with Crippen LogP contribution >= 0.6 is 11.3 Å². The highest BCUT2D eigenvalue weighted by Gasteiger charge is 2.21. The number of carbonyl (C=O) groups is 1. The summed E-state index contributed by atoms with van der Waals surface area (Å²) in [5, 5.41) is 8.65. The first kappa shape index (κ1) is 15.1. The summed E-state index contributed by atoms with van der Waals surface area (Å²) in [5.74, 6) is -0.437. The van der Waals surface area contributed by atoms with Crippen molar-refractivity contribution in [1.29, 1.82) is 0 Å². The lowest BCUT2D eigenvalue weighted by Crippen LogP contribution is -2.29. The van der Waals surface area contributed by atoms with Crippen LogP contribution in [0, 0.1) is 0 Å². The van der Waals surface area contributed by atoms with Gasteiger partial charge in [0, 0.05) is 4.88 Å². The zero-order valence-electron chi connectivity index (χ0n) is 12.6. The fourth-order valence-corrected chi connectivity index (χ4v) is 3.91. The van der Waals surface area contributed by atoms with Crippen molar-refractivity contribution in [3.8, 4) is 0 Å². The molecule has 0 aromatic carbocycles. The number of nitrogens with zero attached hydrogens (tertiary/aromatic N) is 3. The quantitative estimate of drug-likeness (QED) is 0.622. The van der Waals surface area contributed by atoms with E-state index in [9.17, 15) is 9.59 Å². The molecule has 0 amide bonds. The number of hydrogen-bond donors (Lipinski definition) is 0. The SMILES string of the molecule is CCCCOC(=O)Cn1nnc2sc3c(c2c1=O)CCCC3. The number of ether oxygens (including phenoxy) is 1. The van der Waals surface area contributed by atoms with Crippen molar-refractivity contribution >= 4 is 27.5 Å². The van der Waals surface area contributed by atoms with Gasteiger partial charge in [-0.3, -0.25) is 9.59 Å². The van der Waals surface area contributed by atoms with Crippen LogP contribution in [0.1, 0.15) is 43.0 Å². The number of hydrogen-bond acceptors (Lipinski definition) is 6. The van der Waals surface area contributed by atoms with Gasteiger partial charge in [-0.25, -0.2) is 0 Å². The van der Waals surface area contributed by atoms with Crippen molar-refractivity contribution in [3.05, 3.63) is 20.8 Å². The molecule has 22 heavy (non-hydrogen) atoms. The third-order valence-electron chi connectivity index (χ3n) is 3.88. The third-order valence-corrected chi connectivity index (χ3v) is 5.06. The largest absolute Gasteiger partial charge is 0.464 e. The fraction of sp³-hybridized carbons (Fsp3) is 0.600. The second kappa shape index (κ2) is 6.56. The molecule has 3 rings (SSSR count). The van der Waals surface area contributed by atoms with Crippen LogP contribution in [0.4, 0.5) is 0 Å². The van der Waals surface area contributed by atoms with Crippen LogP contribution < -0.4 is 5.56 Å². The molecule has 0 radical (unpaired) electrons. The predicted octanol–water partition coefficient (Wildman–Crippen LogP) is 2.08. The summed E-state index contributed by atoms with van der Waals surface area (Å²) in [6.07, 6.45) is 5.96. The van der Waals surface area contributed by atoms with Crippen LogP contribution in [0.3, 0.4) is 0 Å². The lowest BCUT2D eigenvalue weighted by Gasteiger charge is -2.10. The van der Waals surface area contributed by atoms with Crippen molar-refractivity contribution in [3.63, 3.8) is 0 Å². The first-order chi connectivity index (χ1) is 10.7. The van der Waals surface area contributed by atoms with Gasteiger partial charge in [0.1, 0.15) is 6.54 Å². The molecule has 118 valence electrons. The molecule has 6 nitrogen and oxygen atoms in total. The molecule has 0 bridgehead atoms. The van der Waals surface area contributed by atoms with Gasteiger partial charge in [0.15, 0.2) is 4.83 Å². The second-order valence-corrected chi connectivity index (χ2v) is 6.60. The average Bonchev–Trinajstić information content (AvgIpc) is 2.89. The molecule has 0 saturated heterocycles. The molecule has 1 aliphatic rings. The predicted molar refractivity (Wildman–Crippen MR) is 84.2 cm³/mol. The minimum Gasteiger partial charge on any atom is -0.464 e. The summed E-state index contributed by atoms with van der Waals surface area (Å²) in [5.41, 5.74) is 0.885. The topological polar surface area (TPSA) is 74.1 Å². The van der Waals surface area contributed by atoms with Gasteiger partial charge in [-0.15, -0.1) is 16.4 Å². The number of thiophene rings is 1. The fourth-order valence-electron chi connectivity index (χ4n) is 2.71. The minimum absolute atomic E-state index is 0.171. The lowest BCUT2D eigenvalue weighted by molar-refractivity contribution is -0.144. The van der Waals surface area contributed by atoms with E-state index in [-0.39, 0.29) is 12.1 Å². The minimum atomic E-state index is -0.437. The maximum atomic E-state index is 12.6. The highest BCUT2D eigenvalue weighted by molar-refractivity contribution is 7.18. The van der Waals surface area contributed by atoms with E-state index in [4.69, 9.17) is 4.74 Å². The molecule has 0 atom stereocenters. The summed E-state index contributed by atoms with van der Waals surface area (Å²) in [4.78, 5) is 26.3. The van der Waals surface area contributed by atoms with Gasteiger partial charge in [-0.05, 0) is 37.7 Å². The molecule has 0 N–H and O–H groups in total. The Balaban J connectivity index is 1.87. The maximum absolute atomic E-state index is 12.6. The monoisotopic (exact) mass is 321 g/mol. The van der Waals surface area contributed by atoms with Crippen LogP contribution in [0.5, 0.6) is 0 Å². The van der Waals surface area contributed by atoms with Crippen molar-refractivity contribution < 1.29 is 9.53 Å². The zero-order chi connectivity index (χ0) is 15.5. The lowest BCUT2D eigenvalue weighted by atomic mass is 9.97. The number of rotatable bonds is 5. The first-order valence-corrected chi connectivity index (χ1v) is 8.56. The molecule has 0 aliphatic heterocycles. The number of fused-ring (bicyclic) bond motifs is 3. The van der Waals surface area contributed by atoms with E-state index in [0.29, 0.717) is 16.8 Å². The van der Waals surface area contributed by atoms with E-state index in [1.54, 1.807) is 11.3 Å². The highest BCUT2D eigenvalue weighted by Crippen LogP contribution is 2.33. The molecule has 2 aromatic rings. The highest BCUT2D eigenvalue weighted by atomic mass is 32.1. The van der Waals surface area contributed by atoms with Crippen molar-refractivity contribution in [2.45, 2.75) is 52.0 Å². The molecule has 2 heterocycles. The number of unbranched alkanes of at least 4 members (excludes halogenated alkanes) is 1. The van der Waals surface area contributed by atoms with E-state index in [2.05, 4.69) is 10.3 Å². The Hall–Kier alpha value is -1.76. The zero-order valence-corrected chi connectivity index (χ0v) is 13.4. The van der Waals surface area contributed by atoms with Crippen LogP contribution in [0.15, 0.2) is 4.79 Å². The average molecular weight is 321 g/mol.